The van der Waals surface area contributed by atoms with Gasteiger partial charge in [-0.05, 0) is 87.9 Å². The van der Waals surface area contributed by atoms with Crippen molar-refractivity contribution in [2.45, 2.75) is 0 Å². The number of fused-ring (bicyclic) bond motifs is 10. The van der Waals surface area contributed by atoms with Gasteiger partial charge in [0.15, 0.2) is 0 Å². The zero-order valence-electron chi connectivity index (χ0n) is 29.9. The summed E-state index contributed by atoms with van der Waals surface area (Å²) in [5, 5.41) is 10.2. The number of furan rings is 2. The first kappa shape index (κ1) is 31.2. The molecular formula is C51H30N2O2S. The summed E-state index contributed by atoms with van der Waals surface area (Å²) < 4.78 is 14.2. The van der Waals surface area contributed by atoms with Gasteiger partial charge in [-0.1, -0.05) is 109 Å². The van der Waals surface area contributed by atoms with E-state index in [1.165, 1.54) is 31.8 Å². The van der Waals surface area contributed by atoms with E-state index in [9.17, 15) is 0 Å². The summed E-state index contributed by atoms with van der Waals surface area (Å²) >= 11 is 1.73. The zero-order valence-corrected chi connectivity index (χ0v) is 30.8. The quantitative estimate of drug-likeness (QED) is 0.177. The standard InChI is InChI=1S/C51H30N2O2S/c1-2-10-34-28-35(17-16-31(34)8-1)32-18-21-36(22-19-32)53(37-23-25-41-40-12-5-6-14-44(40)54-46(41)29-37)38-24-26-42-47(30-38)55-45-15-7-13-43(49(42)45)51-52-50-39-11-4-3-9-33(39)20-27-48(50)56-51/h1-30H. The van der Waals surface area contributed by atoms with Crippen molar-refractivity contribution in [2.24, 2.45) is 0 Å². The molecule has 0 unspecified atom stereocenters. The lowest BCUT2D eigenvalue weighted by Crippen LogP contribution is -2.09. The van der Waals surface area contributed by atoms with Crippen molar-refractivity contribution < 1.29 is 8.83 Å². The first-order valence-corrected chi connectivity index (χ1v) is 19.6. The van der Waals surface area contributed by atoms with Crippen LogP contribution in [-0.2, 0) is 0 Å². The van der Waals surface area contributed by atoms with Crippen LogP contribution in [0.4, 0.5) is 17.1 Å². The lowest BCUT2D eigenvalue weighted by molar-refractivity contribution is 0.669. The van der Waals surface area contributed by atoms with E-state index in [1.54, 1.807) is 11.3 Å². The maximum Gasteiger partial charge on any atom is 0.137 e. The van der Waals surface area contributed by atoms with Gasteiger partial charge in [-0.25, -0.2) is 4.98 Å². The highest BCUT2D eigenvalue weighted by Gasteiger charge is 2.20. The molecule has 0 spiro atoms. The SMILES string of the molecule is c1ccc2cc(-c3ccc(N(c4ccc5c(c4)oc4ccccc45)c4ccc5c(c4)oc4cccc(-c6nc7c(ccc8ccccc87)s6)c45)cc3)ccc2c1. The number of thiazole rings is 1. The van der Waals surface area contributed by atoms with Gasteiger partial charge in [-0.15, -0.1) is 11.3 Å². The van der Waals surface area contributed by atoms with Gasteiger partial charge in [0.1, 0.15) is 27.3 Å². The molecule has 5 heteroatoms. The predicted molar refractivity (Wildman–Crippen MR) is 235 cm³/mol. The Morgan fingerprint density at radius 3 is 1.89 bits per heavy atom. The van der Waals surface area contributed by atoms with Gasteiger partial charge < -0.3 is 13.7 Å². The maximum absolute atomic E-state index is 6.68. The molecule has 12 rings (SSSR count). The Kier molecular flexibility index (Phi) is 6.76. The molecule has 0 aliphatic rings. The summed E-state index contributed by atoms with van der Waals surface area (Å²) in [6.45, 7) is 0. The Morgan fingerprint density at radius 1 is 0.411 bits per heavy atom. The van der Waals surface area contributed by atoms with Crippen molar-refractivity contribution in [3.8, 4) is 21.7 Å². The average molecular weight is 735 g/mol. The fourth-order valence-corrected chi connectivity index (χ4v) is 9.39. The van der Waals surface area contributed by atoms with Crippen LogP contribution >= 0.6 is 11.3 Å². The van der Waals surface area contributed by atoms with Gasteiger partial charge in [-0.3, -0.25) is 0 Å². The van der Waals surface area contributed by atoms with Gasteiger partial charge in [0.2, 0.25) is 0 Å². The summed E-state index contributed by atoms with van der Waals surface area (Å²) in [5.41, 5.74) is 10.9. The number of para-hydroxylation sites is 1. The lowest BCUT2D eigenvalue weighted by Gasteiger charge is -2.25. The van der Waals surface area contributed by atoms with E-state index in [-0.39, 0.29) is 0 Å². The third-order valence-corrected chi connectivity index (χ3v) is 12.1. The molecule has 0 saturated carbocycles. The zero-order chi connectivity index (χ0) is 36.7. The Labute approximate surface area is 325 Å². The van der Waals surface area contributed by atoms with Gasteiger partial charge in [-0.2, -0.15) is 0 Å². The molecule has 0 saturated heterocycles. The minimum Gasteiger partial charge on any atom is -0.456 e. The van der Waals surface area contributed by atoms with E-state index in [1.807, 2.05) is 12.1 Å². The normalized spacial score (nSPS) is 11.9. The van der Waals surface area contributed by atoms with Gasteiger partial charge >= 0.3 is 0 Å². The van der Waals surface area contributed by atoms with E-state index in [2.05, 4.69) is 175 Å². The number of nitrogens with zero attached hydrogens (tertiary/aromatic N) is 2. The fourth-order valence-electron chi connectivity index (χ4n) is 8.38. The molecule has 0 N–H and O–H groups in total. The highest BCUT2D eigenvalue weighted by atomic mass is 32.1. The molecule has 0 aliphatic heterocycles. The summed E-state index contributed by atoms with van der Waals surface area (Å²) in [6.07, 6.45) is 0. The Balaban J connectivity index is 1.00. The van der Waals surface area contributed by atoms with Gasteiger partial charge in [0.05, 0.1) is 10.2 Å². The monoisotopic (exact) mass is 734 g/mol. The Morgan fingerprint density at radius 2 is 1.04 bits per heavy atom. The van der Waals surface area contributed by atoms with Crippen molar-refractivity contribution in [1.82, 2.24) is 4.98 Å². The molecule has 0 atom stereocenters. The van der Waals surface area contributed by atoms with Crippen molar-refractivity contribution in [3.05, 3.63) is 182 Å². The fraction of sp³-hybridized carbons (Fsp3) is 0. The highest BCUT2D eigenvalue weighted by molar-refractivity contribution is 7.21. The first-order valence-electron chi connectivity index (χ1n) is 18.8. The van der Waals surface area contributed by atoms with E-state index < -0.39 is 0 Å². The minimum atomic E-state index is 0.819. The third kappa shape index (κ3) is 4.88. The second kappa shape index (κ2) is 12.2. The number of aromatic nitrogens is 1. The number of anilines is 3. The van der Waals surface area contributed by atoms with E-state index in [0.717, 1.165) is 82.6 Å². The molecule has 0 bridgehead atoms. The Bertz CT molecular complexity index is 3500. The van der Waals surface area contributed by atoms with Crippen molar-refractivity contribution in [3.63, 3.8) is 0 Å². The Hall–Kier alpha value is -7.21. The molecular weight excluding hydrogens is 705 g/mol. The van der Waals surface area contributed by atoms with E-state index >= 15 is 0 Å². The number of hydrogen-bond acceptors (Lipinski definition) is 5. The van der Waals surface area contributed by atoms with Crippen molar-refractivity contribution in [2.75, 3.05) is 4.90 Å². The molecule has 12 aromatic rings. The maximum atomic E-state index is 6.68. The van der Waals surface area contributed by atoms with Crippen LogP contribution in [-0.4, -0.2) is 4.98 Å². The van der Waals surface area contributed by atoms with Crippen molar-refractivity contribution >= 4 is 104 Å². The van der Waals surface area contributed by atoms with Crippen LogP contribution in [0.1, 0.15) is 0 Å². The molecule has 0 amide bonds. The summed E-state index contributed by atoms with van der Waals surface area (Å²) in [6, 6.07) is 64.3. The number of hydrogen-bond donors (Lipinski definition) is 0. The second-order valence-corrected chi connectivity index (χ2v) is 15.4. The van der Waals surface area contributed by atoms with Crippen LogP contribution in [0.15, 0.2) is 191 Å². The first-order chi connectivity index (χ1) is 27.7. The van der Waals surface area contributed by atoms with Gasteiger partial charge in [0, 0.05) is 61.7 Å². The molecule has 262 valence electrons. The predicted octanol–water partition coefficient (Wildman–Crippen LogP) is 15.2. The molecule has 4 nitrogen and oxygen atoms in total. The van der Waals surface area contributed by atoms with E-state index in [0.29, 0.717) is 0 Å². The van der Waals surface area contributed by atoms with Crippen LogP contribution in [0.5, 0.6) is 0 Å². The number of rotatable bonds is 5. The molecule has 3 heterocycles. The van der Waals surface area contributed by atoms with Crippen LogP contribution in [0.3, 0.4) is 0 Å². The molecule has 0 aliphatic carbocycles. The van der Waals surface area contributed by atoms with Crippen LogP contribution in [0, 0.1) is 0 Å². The molecule has 0 fully saturated rings. The molecule has 3 aromatic heterocycles. The lowest BCUT2D eigenvalue weighted by atomic mass is 10.0. The topological polar surface area (TPSA) is 42.4 Å². The van der Waals surface area contributed by atoms with Crippen molar-refractivity contribution in [1.29, 1.82) is 0 Å². The summed E-state index contributed by atoms with van der Waals surface area (Å²) in [7, 11) is 0. The van der Waals surface area contributed by atoms with E-state index in [4.69, 9.17) is 13.8 Å². The third-order valence-electron chi connectivity index (χ3n) is 11.1. The summed E-state index contributed by atoms with van der Waals surface area (Å²) in [5.74, 6) is 0. The van der Waals surface area contributed by atoms with Gasteiger partial charge in [0.25, 0.3) is 0 Å². The van der Waals surface area contributed by atoms with Crippen LogP contribution < -0.4 is 4.90 Å². The van der Waals surface area contributed by atoms with Crippen LogP contribution in [0.2, 0.25) is 0 Å². The minimum absolute atomic E-state index is 0.819. The summed E-state index contributed by atoms with van der Waals surface area (Å²) in [4.78, 5) is 7.50. The molecule has 9 aromatic carbocycles. The molecule has 56 heavy (non-hydrogen) atoms. The second-order valence-electron chi connectivity index (χ2n) is 14.3. The highest BCUT2D eigenvalue weighted by Crippen LogP contribution is 2.44. The smallest absolute Gasteiger partial charge is 0.137 e. The average Bonchev–Trinajstić information content (AvgIpc) is 3.97. The largest absolute Gasteiger partial charge is 0.456 e. The van der Waals surface area contributed by atoms with Crippen LogP contribution in [0.25, 0.3) is 97.3 Å². The number of benzene rings is 9. The molecule has 0 radical (unpaired) electrons.